The number of hydrogen-bond donors (Lipinski definition) is 1. The molecule has 128 valence electrons. The normalized spacial score (nSPS) is 20.5. The number of fused-ring (bicyclic) bond motifs is 1. The highest BCUT2D eigenvalue weighted by atomic mass is 16.1. The third-order valence-electron chi connectivity index (χ3n) is 4.68. The highest BCUT2D eigenvalue weighted by molar-refractivity contribution is 5.71. The summed E-state index contributed by atoms with van der Waals surface area (Å²) in [6.45, 7) is 1.91. The van der Waals surface area contributed by atoms with Gasteiger partial charge in [-0.25, -0.2) is 14.6 Å². The average Bonchev–Trinajstić information content (AvgIpc) is 2.64. The van der Waals surface area contributed by atoms with E-state index in [1.165, 1.54) is 0 Å². The molecule has 0 atom stereocenters. The number of aromatic nitrogens is 5. The lowest BCUT2D eigenvalue weighted by atomic mass is 9.91. The van der Waals surface area contributed by atoms with Gasteiger partial charge >= 0.3 is 0 Å². The van der Waals surface area contributed by atoms with Crippen LogP contribution in [-0.2, 0) is 0 Å². The van der Waals surface area contributed by atoms with E-state index >= 15 is 0 Å². The Morgan fingerprint density at radius 3 is 2.68 bits per heavy atom. The van der Waals surface area contributed by atoms with E-state index in [0.29, 0.717) is 11.7 Å². The topological polar surface area (TPSA) is 85.6 Å². The number of nitrogens with zero attached hydrogens (tertiary/aromatic N) is 5. The maximum absolute atomic E-state index is 12.0. The van der Waals surface area contributed by atoms with Crippen LogP contribution in [-0.4, -0.2) is 30.8 Å². The van der Waals surface area contributed by atoms with Crippen molar-refractivity contribution < 1.29 is 0 Å². The van der Waals surface area contributed by atoms with Gasteiger partial charge in [-0.3, -0.25) is 9.78 Å². The van der Waals surface area contributed by atoms with Crippen molar-refractivity contribution in [2.24, 2.45) is 0 Å². The minimum atomic E-state index is -0.0169. The second-order valence-corrected chi connectivity index (χ2v) is 6.50. The van der Waals surface area contributed by atoms with Crippen LogP contribution >= 0.6 is 0 Å². The molecule has 3 aromatic rings. The van der Waals surface area contributed by atoms with E-state index in [4.69, 9.17) is 0 Å². The SMILES string of the molecule is Cc1ccc(=O)n(C2CCC(Nc3ccc4nccnc4n3)CC2)n1. The van der Waals surface area contributed by atoms with Crippen molar-refractivity contribution >= 4 is 17.0 Å². The lowest BCUT2D eigenvalue weighted by Gasteiger charge is -2.29. The van der Waals surface area contributed by atoms with Gasteiger partial charge in [-0.2, -0.15) is 5.10 Å². The van der Waals surface area contributed by atoms with E-state index < -0.39 is 0 Å². The van der Waals surface area contributed by atoms with Crippen LogP contribution in [0.3, 0.4) is 0 Å². The molecule has 0 spiro atoms. The van der Waals surface area contributed by atoms with Gasteiger partial charge < -0.3 is 5.32 Å². The van der Waals surface area contributed by atoms with Gasteiger partial charge in [-0.05, 0) is 50.8 Å². The van der Waals surface area contributed by atoms with Gasteiger partial charge in [0.15, 0.2) is 5.65 Å². The first-order valence-electron chi connectivity index (χ1n) is 8.60. The first-order valence-corrected chi connectivity index (χ1v) is 8.60. The molecule has 1 aliphatic rings. The second kappa shape index (κ2) is 6.58. The van der Waals surface area contributed by atoms with E-state index in [2.05, 4.69) is 25.4 Å². The minimum Gasteiger partial charge on any atom is -0.367 e. The molecule has 0 saturated heterocycles. The minimum absolute atomic E-state index is 0.0169. The maximum atomic E-state index is 12.0. The van der Waals surface area contributed by atoms with Crippen LogP contribution in [0.5, 0.6) is 0 Å². The largest absolute Gasteiger partial charge is 0.367 e. The number of hydrogen-bond acceptors (Lipinski definition) is 6. The van der Waals surface area contributed by atoms with Gasteiger partial charge in [0.1, 0.15) is 11.3 Å². The molecule has 0 unspecified atom stereocenters. The molecule has 0 aliphatic heterocycles. The maximum Gasteiger partial charge on any atom is 0.267 e. The molecule has 0 bridgehead atoms. The van der Waals surface area contributed by atoms with E-state index in [1.807, 2.05) is 19.1 Å². The van der Waals surface area contributed by atoms with Gasteiger partial charge in [-0.15, -0.1) is 0 Å². The highest BCUT2D eigenvalue weighted by Crippen LogP contribution is 2.28. The molecule has 25 heavy (non-hydrogen) atoms. The molecule has 1 N–H and O–H groups in total. The van der Waals surface area contributed by atoms with Crippen molar-refractivity contribution in [3.05, 3.63) is 52.7 Å². The van der Waals surface area contributed by atoms with E-state index in [0.717, 1.165) is 42.7 Å². The number of aryl methyl sites for hydroxylation is 1. The molecule has 0 radical (unpaired) electrons. The van der Waals surface area contributed by atoms with Crippen LogP contribution in [0.4, 0.5) is 5.82 Å². The fourth-order valence-electron chi connectivity index (χ4n) is 3.39. The van der Waals surface area contributed by atoms with Crippen molar-refractivity contribution in [3.63, 3.8) is 0 Å². The van der Waals surface area contributed by atoms with Gasteiger partial charge in [0.05, 0.1) is 11.7 Å². The summed E-state index contributed by atoms with van der Waals surface area (Å²) >= 11 is 0. The molecule has 0 aromatic carbocycles. The standard InChI is InChI=1S/C18H20N6O/c1-12-2-9-17(25)24(23-12)14-5-3-13(4-6-14)21-16-8-7-15-18(22-16)20-11-10-19-15/h2,7-11,13-14H,3-6H2,1H3,(H,20,21,22). The monoisotopic (exact) mass is 336 g/mol. The molecule has 0 amide bonds. The predicted octanol–water partition coefficient (Wildman–Crippen LogP) is 2.49. The van der Waals surface area contributed by atoms with Crippen molar-refractivity contribution in [2.75, 3.05) is 5.32 Å². The summed E-state index contributed by atoms with van der Waals surface area (Å²) in [6.07, 6.45) is 7.14. The molecule has 7 heteroatoms. The molecule has 1 saturated carbocycles. The highest BCUT2D eigenvalue weighted by Gasteiger charge is 2.24. The zero-order valence-corrected chi connectivity index (χ0v) is 14.1. The van der Waals surface area contributed by atoms with E-state index in [1.54, 1.807) is 29.2 Å². The lowest BCUT2D eigenvalue weighted by Crippen LogP contribution is -2.33. The molecular weight excluding hydrogens is 316 g/mol. The van der Waals surface area contributed by atoms with Crippen molar-refractivity contribution in [3.8, 4) is 0 Å². The molecule has 7 nitrogen and oxygen atoms in total. The predicted molar refractivity (Wildman–Crippen MR) is 95.5 cm³/mol. The smallest absolute Gasteiger partial charge is 0.267 e. The molecule has 1 aliphatic carbocycles. The number of rotatable bonds is 3. The second-order valence-electron chi connectivity index (χ2n) is 6.50. The Morgan fingerprint density at radius 2 is 1.84 bits per heavy atom. The number of nitrogens with one attached hydrogen (secondary N) is 1. The number of anilines is 1. The summed E-state index contributed by atoms with van der Waals surface area (Å²) in [5, 5.41) is 7.88. The average molecular weight is 336 g/mol. The summed E-state index contributed by atoms with van der Waals surface area (Å²) in [5.74, 6) is 0.822. The van der Waals surface area contributed by atoms with Crippen LogP contribution in [0.15, 0.2) is 41.5 Å². The van der Waals surface area contributed by atoms with Crippen LogP contribution in [0, 0.1) is 6.92 Å². The molecule has 1 fully saturated rings. The number of pyridine rings is 1. The van der Waals surface area contributed by atoms with E-state index in [9.17, 15) is 4.79 Å². The Kier molecular flexibility index (Phi) is 4.13. The Morgan fingerprint density at radius 1 is 1.04 bits per heavy atom. The zero-order valence-electron chi connectivity index (χ0n) is 14.1. The third-order valence-corrected chi connectivity index (χ3v) is 4.68. The third kappa shape index (κ3) is 3.35. The summed E-state index contributed by atoms with van der Waals surface area (Å²) < 4.78 is 1.65. The first kappa shape index (κ1) is 15.7. The Hall–Kier alpha value is -2.83. The summed E-state index contributed by atoms with van der Waals surface area (Å²) in [7, 11) is 0. The first-order chi connectivity index (χ1) is 12.2. The van der Waals surface area contributed by atoms with E-state index in [-0.39, 0.29) is 11.6 Å². The Labute approximate surface area is 145 Å². The molecular formula is C18H20N6O. The van der Waals surface area contributed by atoms with Gasteiger partial charge in [-0.1, -0.05) is 0 Å². The fourth-order valence-corrected chi connectivity index (χ4v) is 3.39. The van der Waals surface area contributed by atoms with Gasteiger partial charge in [0.2, 0.25) is 0 Å². The summed E-state index contributed by atoms with van der Waals surface area (Å²) in [4.78, 5) is 25.0. The van der Waals surface area contributed by atoms with Gasteiger partial charge in [0.25, 0.3) is 5.56 Å². The van der Waals surface area contributed by atoms with Crippen molar-refractivity contribution in [2.45, 2.75) is 44.7 Å². The van der Waals surface area contributed by atoms with Gasteiger partial charge in [0, 0.05) is 24.5 Å². The zero-order chi connectivity index (χ0) is 17.2. The van der Waals surface area contributed by atoms with Crippen molar-refractivity contribution in [1.29, 1.82) is 0 Å². The molecule has 4 rings (SSSR count). The van der Waals surface area contributed by atoms with Crippen LogP contribution < -0.4 is 10.9 Å². The summed E-state index contributed by atoms with van der Waals surface area (Å²) in [6, 6.07) is 7.77. The summed E-state index contributed by atoms with van der Waals surface area (Å²) in [5.41, 5.74) is 2.30. The van der Waals surface area contributed by atoms with Crippen molar-refractivity contribution in [1.82, 2.24) is 24.7 Å². The van der Waals surface area contributed by atoms with Crippen LogP contribution in [0.2, 0.25) is 0 Å². The molecule has 3 aromatic heterocycles. The van der Waals surface area contributed by atoms with Crippen LogP contribution in [0.25, 0.3) is 11.2 Å². The molecule has 3 heterocycles. The Balaban J connectivity index is 1.43. The van der Waals surface area contributed by atoms with Crippen LogP contribution in [0.1, 0.15) is 37.4 Å². The quantitative estimate of drug-likeness (QED) is 0.791. The lowest BCUT2D eigenvalue weighted by molar-refractivity contribution is 0.302. The Bertz CT molecular complexity index is 945. The fraction of sp³-hybridized carbons (Fsp3) is 0.389.